The minimum absolute atomic E-state index is 0.0628. The molecule has 0 unspecified atom stereocenters. The summed E-state index contributed by atoms with van der Waals surface area (Å²) in [6, 6.07) is 3.49. The van der Waals surface area contributed by atoms with Crippen LogP contribution in [0.15, 0.2) is 16.6 Å². The molecule has 1 aliphatic heterocycles. The zero-order valence-corrected chi connectivity index (χ0v) is 17.9. The van der Waals surface area contributed by atoms with E-state index in [1.54, 1.807) is 11.0 Å². The molecule has 1 aliphatic carbocycles. The summed E-state index contributed by atoms with van der Waals surface area (Å²) in [5.41, 5.74) is 0.841. The highest BCUT2D eigenvalue weighted by atomic mass is 79.9. The van der Waals surface area contributed by atoms with E-state index >= 15 is 0 Å². The molecule has 2 fully saturated rings. The minimum Gasteiger partial charge on any atom is -0.482 e. The highest BCUT2D eigenvalue weighted by Gasteiger charge is 2.39. The second-order valence-corrected chi connectivity index (χ2v) is 10.7. The van der Waals surface area contributed by atoms with E-state index in [0.29, 0.717) is 17.2 Å². The molecule has 1 aromatic carbocycles. The van der Waals surface area contributed by atoms with Gasteiger partial charge in [0.15, 0.2) is 16.4 Å². The summed E-state index contributed by atoms with van der Waals surface area (Å²) in [5, 5.41) is 0.445. The smallest absolute Gasteiger partial charge is 0.261 e. The van der Waals surface area contributed by atoms with Crippen LogP contribution >= 0.6 is 27.5 Å². The molecule has 1 saturated heterocycles. The number of ether oxygens (including phenoxy) is 1. The van der Waals surface area contributed by atoms with Crippen molar-refractivity contribution in [3.63, 3.8) is 0 Å². The average molecular weight is 465 g/mol. The van der Waals surface area contributed by atoms with Crippen LogP contribution in [0.3, 0.4) is 0 Å². The van der Waals surface area contributed by atoms with Crippen molar-refractivity contribution in [2.75, 3.05) is 18.1 Å². The number of hydrogen-bond donors (Lipinski definition) is 0. The molecule has 1 saturated carbocycles. The molecule has 1 aromatic rings. The third-order valence-corrected chi connectivity index (χ3v) is 7.63. The Kier molecular flexibility index (Phi) is 6.19. The molecule has 1 atom stereocenters. The SMILES string of the molecule is Cc1cc(Br)cc(Cl)c1OCC(=O)N(C1CCCC1)[C@H]1CCS(=O)(=O)C1. The van der Waals surface area contributed by atoms with Crippen LogP contribution in [-0.2, 0) is 14.6 Å². The van der Waals surface area contributed by atoms with Gasteiger partial charge >= 0.3 is 0 Å². The van der Waals surface area contributed by atoms with E-state index in [2.05, 4.69) is 15.9 Å². The number of rotatable bonds is 5. The quantitative estimate of drug-likeness (QED) is 0.666. The van der Waals surface area contributed by atoms with Gasteiger partial charge in [-0.1, -0.05) is 40.4 Å². The van der Waals surface area contributed by atoms with Crippen LogP contribution in [-0.4, -0.2) is 49.4 Å². The predicted molar refractivity (Wildman–Crippen MR) is 106 cm³/mol. The molecule has 3 rings (SSSR count). The number of aryl methyl sites for hydroxylation is 1. The Balaban J connectivity index is 1.74. The lowest BCUT2D eigenvalue weighted by molar-refractivity contribution is -0.137. The summed E-state index contributed by atoms with van der Waals surface area (Å²) in [7, 11) is -3.05. The Morgan fingerprint density at radius 3 is 2.54 bits per heavy atom. The maximum atomic E-state index is 12.9. The number of carbonyl (C=O) groups excluding carboxylic acids is 1. The van der Waals surface area contributed by atoms with Crippen LogP contribution in [0.5, 0.6) is 5.75 Å². The average Bonchev–Trinajstić information content (AvgIpc) is 3.16. The number of carbonyl (C=O) groups is 1. The van der Waals surface area contributed by atoms with Gasteiger partial charge in [-0.3, -0.25) is 4.79 Å². The summed E-state index contributed by atoms with van der Waals surface area (Å²) >= 11 is 9.61. The zero-order valence-electron chi connectivity index (χ0n) is 14.7. The first kappa shape index (κ1) is 20.0. The Morgan fingerprint density at radius 2 is 1.96 bits per heavy atom. The van der Waals surface area contributed by atoms with Crippen LogP contribution in [0.2, 0.25) is 5.02 Å². The number of benzene rings is 1. The lowest BCUT2D eigenvalue weighted by atomic mass is 10.1. The first-order valence-electron chi connectivity index (χ1n) is 8.87. The second kappa shape index (κ2) is 8.07. The molecule has 0 N–H and O–H groups in total. The summed E-state index contributed by atoms with van der Waals surface area (Å²) in [5.74, 6) is 0.561. The second-order valence-electron chi connectivity index (χ2n) is 7.12. The van der Waals surface area contributed by atoms with Crippen LogP contribution in [0, 0.1) is 6.92 Å². The normalized spacial score (nSPS) is 22.5. The number of nitrogens with zero attached hydrogens (tertiary/aromatic N) is 1. The molecule has 1 amide bonds. The molecule has 0 bridgehead atoms. The Morgan fingerprint density at radius 1 is 1.27 bits per heavy atom. The van der Waals surface area contributed by atoms with Gasteiger partial charge in [0.05, 0.1) is 16.5 Å². The Hall–Kier alpha value is -0.790. The Labute approximate surface area is 168 Å². The molecule has 144 valence electrons. The molecule has 5 nitrogen and oxygen atoms in total. The van der Waals surface area contributed by atoms with E-state index < -0.39 is 9.84 Å². The molecule has 0 spiro atoms. The van der Waals surface area contributed by atoms with Crippen molar-refractivity contribution in [2.24, 2.45) is 0 Å². The molecule has 0 radical (unpaired) electrons. The van der Waals surface area contributed by atoms with Crippen molar-refractivity contribution >= 4 is 43.3 Å². The van der Waals surface area contributed by atoms with Crippen LogP contribution in [0.1, 0.15) is 37.7 Å². The summed E-state index contributed by atoms with van der Waals surface area (Å²) in [6.07, 6.45) is 4.53. The monoisotopic (exact) mass is 463 g/mol. The van der Waals surface area contributed by atoms with Crippen molar-refractivity contribution in [3.8, 4) is 5.75 Å². The lowest BCUT2D eigenvalue weighted by Gasteiger charge is -2.34. The molecule has 8 heteroatoms. The molecule has 1 heterocycles. The van der Waals surface area contributed by atoms with Crippen molar-refractivity contribution < 1.29 is 17.9 Å². The van der Waals surface area contributed by atoms with Crippen molar-refractivity contribution in [3.05, 3.63) is 27.2 Å². The van der Waals surface area contributed by atoms with Gasteiger partial charge in [0, 0.05) is 16.6 Å². The zero-order chi connectivity index (χ0) is 18.9. The predicted octanol–water partition coefficient (Wildman–Crippen LogP) is 3.75. The Bertz CT molecular complexity index is 769. The minimum atomic E-state index is -3.05. The van der Waals surface area contributed by atoms with Gasteiger partial charge in [-0.2, -0.15) is 0 Å². The third-order valence-electron chi connectivity index (χ3n) is 5.14. The highest BCUT2D eigenvalue weighted by molar-refractivity contribution is 9.10. The fourth-order valence-electron chi connectivity index (χ4n) is 3.96. The number of sulfone groups is 1. The van der Waals surface area contributed by atoms with E-state index in [4.69, 9.17) is 16.3 Å². The van der Waals surface area contributed by atoms with Gasteiger partial charge in [-0.25, -0.2) is 8.42 Å². The molecule has 26 heavy (non-hydrogen) atoms. The third kappa shape index (κ3) is 4.54. The molecular weight excluding hydrogens is 442 g/mol. The molecule has 2 aliphatic rings. The largest absolute Gasteiger partial charge is 0.482 e. The van der Waals surface area contributed by atoms with Gasteiger partial charge in [-0.05, 0) is 43.9 Å². The van der Waals surface area contributed by atoms with Crippen molar-refractivity contribution in [2.45, 2.75) is 51.1 Å². The number of halogens is 2. The van der Waals surface area contributed by atoms with Crippen LogP contribution in [0.4, 0.5) is 0 Å². The van der Waals surface area contributed by atoms with E-state index in [1.807, 2.05) is 13.0 Å². The van der Waals surface area contributed by atoms with E-state index in [-0.39, 0.29) is 36.1 Å². The van der Waals surface area contributed by atoms with E-state index in [9.17, 15) is 13.2 Å². The standard InChI is InChI=1S/C18H23BrClNO4S/c1-12-8-13(19)9-16(20)18(12)25-10-17(22)21(14-4-2-3-5-14)15-6-7-26(23,24)11-15/h8-9,14-15H,2-7,10-11H2,1H3/t15-/m0/s1. The fraction of sp³-hybridized carbons (Fsp3) is 0.611. The lowest BCUT2D eigenvalue weighted by Crippen LogP contribution is -2.48. The van der Waals surface area contributed by atoms with E-state index in [1.165, 1.54) is 0 Å². The van der Waals surface area contributed by atoms with Gasteiger partial charge < -0.3 is 9.64 Å². The number of hydrogen-bond acceptors (Lipinski definition) is 4. The van der Waals surface area contributed by atoms with Gasteiger partial charge in [0.2, 0.25) is 0 Å². The van der Waals surface area contributed by atoms with Crippen molar-refractivity contribution in [1.29, 1.82) is 0 Å². The maximum absolute atomic E-state index is 12.9. The molecule has 0 aromatic heterocycles. The van der Waals surface area contributed by atoms with Crippen LogP contribution < -0.4 is 4.74 Å². The van der Waals surface area contributed by atoms with Gasteiger partial charge in [0.25, 0.3) is 5.91 Å². The van der Waals surface area contributed by atoms with Crippen molar-refractivity contribution in [1.82, 2.24) is 4.90 Å². The van der Waals surface area contributed by atoms with Crippen LogP contribution in [0.25, 0.3) is 0 Å². The number of amides is 1. The first-order valence-corrected chi connectivity index (χ1v) is 11.9. The summed E-state index contributed by atoms with van der Waals surface area (Å²) in [4.78, 5) is 14.7. The fourth-order valence-corrected chi connectivity index (χ4v) is 6.70. The van der Waals surface area contributed by atoms with Gasteiger partial charge in [0.1, 0.15) is 5.75 Å². The summed E-state index contributed by atoms with van der Waals surface area (Å²) < 4.78 is 30.4. The molecular formula is C18H23BrClNO4S. The van der Waals surface area contributed by atoms with Gasteiger partial charge in [-0.15, -0.1) is 0 Å². The maximum Gasteiger partial charge on any atom is 0.261 e. The topological polar surface area (TPSA) is 63.7 Å². The highest BCUT2D eigenvalue weighted by Crippen LogP contribution is 2.33. The van der Waals surface area contributed by atoms with E-state index in [0.717, 1.165) is 35.7 Å². The summed E-state index contributed by atoms with van der Waals surface area (Å²) in [6.45, 7) is 1.74. The first-order chi connectivity index (χ1) is 12.3.